The van der Waals surface area contributed by atoms with Gasteiger partial charge in [0, 0.05) is 12.2 Å². The van der Waals surface area contributed by atoms with E-state index < -0.39 is 5.82 Å². The Hall–Kier alpha value is -2.31. The molecule has 0 atom stereocenters. The van der Waals surface area contributed by atoms with Gasteiger partial charge in [-0.05, 0) is 42.5 Å². The standard InChI is InChI=1S/C17H18ClFN2O3/c1-23-13-3-5-14(6-4-13)24-9-8-20-11-17(22)21-12-2-7-16(19)15(18)10-12/h2-7,10,20H,8-9,11H2,1H3,(H,21,22). The summed E-state index contributed by atoms with van der Waals surface area (Å²) in [6.07, 6.45) is 0. The largest absolute Gasteiger partial charge is 0.497 e. The zero-order chi connectivity index (χ0) is 17.4. The van der Waals surface area contributed by atoms with Crippen LogP contribution in [0, 0.1) is 5.82 Å². The summed E-state index contributed by atoms with van der Waals surface area (Å²) in [6, 6.07) is 11.3. The Balaban J connectivity index is 1.64. The summed E-state index contributed by atoms with van der Waals surface area (Å²) >= 11 is 5.65. The number of nitrogens with one attached hydrogen (secondary N) is 2. The van der Waals surface area contributed by atoms with Gasteiger partial charge in [0.2, 0.25) is 5.91 Å². The summed E-state index contributed by atoms with van der Waals surface area (Å²) in [5, 5.41) is 5.55. The normalized spacial score (nSPS) is 10.3. The zero-order valence-electron chi connectivity index (χ0n) is 13.1. The van der Waals surface area contributed by atoms with Gasteiger partial charge >= 0.3 is 0 Å². The highest BCUT2D eigenvalue weighted by molar-refractivity contribution is 6.31. The highest BCUT2D eigenvalue weighted by Gasteiger charge is 2.05. The summed E-state index contributed by atoms with van der Waals surface area (Å²) in [6.45, 7) is 1.03. The number of ether oxygens (including phenoxy) is 2. The number of anilines is 1. The number of hydrogen-bond donors (Lipinski definition) is 2. The first kappa shape index (κ1) is 18.0. The minimum Gasteiger partial charge on any atom is -0.497 e. The van der Waals surface area contributed by atoms with Gasteiger partial charge in [0.1, 0.15) is 23.9 Å². The van der Waals surface area contributed by atoms with E-state index in [-0.39, 0.29) is 17.5 Å². The summed E-state index contributed by atoms with van der Waals surface area (Å²) < 4.78 is 23.6. The van der Waals surface area contributed by atoms with Crippen molar-refractivity contribution < 1.29 is 18.7 Å². The number of carbonyl (C=O) groups is 1. The smallest absolute Gasteiger partial charge is 0.238 e. The van der Waals surface area contributed by atoms with Crippen molar-refractivity contribution >= 4 is 23.2 Å². The summed E-state index contributed by atoms with van der Waals surface area (Å²) in [7, 11) is 1.60. The van der Waals surface area contributed by atoms with Crippen LogP contribution in [0.25, 0.3) is 0 Å². The van der Waals surface area contributed by atoms with Crippen LogP contribution in [0.1, 0.15) is 0 Å². The Kier molecular flexibility index (Phi) is 6.84. The Bertz CT molecular complexity index is 680. The van der Waals surface area contributed by atoms with Crippen LogP contribution in [0.3, 0.4) is 0 Å². The monoisotopic (exact) mass is 352 g/mol. The highest BCUT2D eigenvalue weighted by atomic mass is 35.5. The fraction of sp³-hybridized carbons (Fsp3) is 0.235. The topological polar surface area (TPSA) is 59.6 Å². The van der Waals surface area contributed by atoms with Crippen molar-refractivity contribution in [2.24, 2.45) is 0 Å². The third-order valence-corrected chi connectivity index (χ3v) is 3.39. The average Bonchev–Trinajstić information content (AvgIpc) is 2.58. The second kappa shape index (κ2) is 9.10. The Morgan fingerprint density at radius 3 is 2.54 bits per heavy atom. The van der Waals surface area contributed by atoms with Crippen molar-refractivity contribution in [2.45, 2.75) is 0 Å². The predicted molar refractivity (Wildman–Crippen MR) is 91.4 cm³/mol. The van der Waals surface area contributed by atoms with Crippen molar-refractivity contribution in [3.63, 3.8) is 0 Å². The van der Waals surface area contributed by atoms with E-state index in [1.807, 2.05) is 24.3 Å². The number of methoxy groups -OCH3 is 1. The SMILES string of the molecule is COc1ccc(OCCNCC(=O)Nc2ccc(F)c(Cl)c2)cc1. The van der Waals surface area contributed by atoms with Crippen molar-refractivity contribution in [3.05, 3.63) is 53.3 Å². The number of halogens is 2. The second-order valence-corrected chi connectivity index (χ2v) is 5.29. The fourth-order valence-electron chi connectivity index (χ4n) is 1.89. The lowest BCUT2D eigenvalue weighted by Crippen LogP contribution is -2.31. The first-order chi connectivity index (χ1) is 11.6. The molecule has 1 amide bonds. The maximum Gasteiger partial charge on any atom is 0.238 e. The molecule has 128 valence electrons. The Labute approximate surface area is 144 Å². The Morgan fingerprint density at radius 2 is 1.88 bits per heavy atom. The molecule has 2 N–H and O–H groups in total. The van der Waals surface area contributed by atoms with Crippen LogP contribution in [0.5, 0.6) is 11.5 Å². The molecule has 0 aliphatic heterocycles. The number of carbonyl (C=O) groups excluding carboxylic acids is 1. The quantitative estimate of drug-likeness (QED) is 0.717. The molecule has 7 heteroatoms. The maximum atomic E-state index is 13.0. The molecule has 0 saturated heterocycles. The number of rotatable bonds is 8. The van der Waals surface area contributed by atoms with Gasteiger partial charge in [0.25, 0.3) is 0 Å². The van der Waals surface area contributed by atoms with E-state index in [1.165, 1.54) is 18.2 Å². The molecule has 0 spiro atoms. The van der Waals surface area contributed by atoms with E-state index in [0.717, 1.165) is 11.5 Å². The van der Waals surface area contributed by atoms with Gasteiger partial charge < -0.3 is 20.1 Å². The predicted octanol–water partition coefficient (Wildman–Crippen LogP) is 3.09. The molecule has 0 saturated carbocycles. The lowest BCUT2D eigenvalue weighted by Gasteiger charge is -2.09. The van der Waals surface area contributed by atoms with Gasteiger partial charge in [-0.15, -0.1) is 0 Å². The molecule has 0 fully saturated rings. The van der Waals surface area contributed by atoms with Gasteiger partial charge in [0.15, 0.2) is 0 Å². The summed E-state index contributed by atoms with van der Waals surface area (Å²) in [5.74, 6) is 0.714. The molecule has 5 nitrogen and oxygen atoms in total. The fourth-order valence-corrected chi connectivity index (χ4v) is 2.07. The van der Waals surface area contributed by atoms with E-state index in [1.54, 1.807) is 7.11 Å². The number of benzene rings is 2. The van der Waals surface area contributed by atoms with Gasteiger partial charge in [0.05, 0.1) is 18.7 Å². The highest BCUT2D eigenvalue weighted by Crippen LogP contribution is 2.19. The second-order valence-electron chi connectivity index (χ2n) is 4.88. The molecular formula is C17H18ClFN2O3. The molecule has 0 bridgehead atoms. The molecule has 0 heterocycles. The minimum atomic E-state index is -0.525. The van der Waals surface area contributed by atoms with Crippen LogP contribution in [0.15, 0.2) is 42.5 Å². The maximum absolute atomic E-state index is 13.0. The molecule has 2 rings (SSSR count). The van der Waals surface area contributed by atoms with Crippen LogP contribution >= 0.6 is 11.6 Å². The molecule has 0 aromatic heterocycles. The van der Waals surface area contributed by atoms with E-state index in [0.29, 0.717) is 18.8 Å². The lowest BCUT2D eigenvalue weighted by atomic mass is 10.3. The lowest BCUT2D eigenvalue weighted by molar-refractivity contribution is -0.115. The van der Waals surface area contributed by atoms with Crippen LogP contribution < -0.4 is 20.1 Å². The van der Waals surface area contributed by atoms with Crippen LogP contribution in [-0.4, -0.2) is 32.7 Å². The molecule has 24 heavy (non-hydrogen) atoms. The summed E-state index contributed by atoms with van der Waals surface area (Å²) in [5.41, 5.74) is 0.447. The molecule has 0 aliphatic rings. The van der Waals surface area contributed by atoms with Crippen molar-refractivity contribution in [1.29, 1.82) is 0 Å². The summed E-state index contributed by atoms with van der Waals surface area (Å²) in [4.78, 5) is 11.7. The van der Waals surface area contributed by atoms with Crippen LogP contribution in [0.4, 0.5) is 10.1 Å². The first-order valence-corrected chi connectivity index (χ1v) is 7.69. The van der Waals surface area contributed by atoms with E-state index in [4.69, 9.17) is 21.1 Å². The van der Waals surface area contributed by atoms with Gasteiger partial charge in [-0.25, -0.2) is 4.39 Å². The third kappa shape index (κ3) is 5.72. The van der Waals surface area contributed by atoms with Gasteiger partial charge in [-0.2, -0.15) is 0 Å². The Morgan fingerprint density at radius 1 is 1.17 bits per heavy atom. The molecule has 0 unspecified atom stereocenters. The van der Waals surface area contributed by atoms with Gasteiger partial charge in [-0.3, -0.25) is 4.79 Å². The molecular weight excluding hydrogens is 335 g/mol. The van der Waals surface area contributed by atoms with Crippen LogP contribution in [-0.2, 0) is 4.79 Å². The third-order valence-electron chi connectivity index (χ3n) is 3.10. The van der Waals surface area contributed by atoms with E-state index in [9.17, 15) is 9.18 Å². The molecule has 0 radical (unpaired) electrons. The number of amides is 1. The number of hydrogen-bond acceptors (Lipinski definition) is 4. The van der Waals surface area contributed by atoms with Crippen molar-refractivity contribution in [2.75, 3.05) is 32.1 Å². The van der Waals surface area contributed by atoms with E-state index in [2.05, 4.69) is 10.6 Å². The van der Waals surface area contributed by atoms with Crippen molar-refractivity contribution in [3.8, 4) is 11.5 Å². The minimum absolute atomic E-state index is 0.0337. The average molecular weight is 353 g/mol. The zero-order valence-corrected chi connectivity index (χ0v) is 13.9. The molecule has 2 aromatic rings. The first-order valence-electron chi connectivity index (χ1n) is 7.31. The van der Waals surface area contributed by atoms with Crippen molar-refractivity contribution in [1.82, 2.24) is 5.32 Å². The van der Waals surface area contributed by atoms with E-state index >= 15 is 0 Å². The molecule has 2 aromatic carbocycles. The van der Waals surface area contributed by atoms with Gasteiger partial charge in [-0.1, -0.05) is 11.6 Å². The molecule has 0 aliphatic carbocycles. The van der Waals surface area contributed by atoms with Crippen LogP contribution in [0.2, 0.25) is 5.02 Å².